The lowest BCUT2D eigenvalue weighted by Crippen LogP contribution is -2.33. The molecular formula is C20H19BrN2O4. The Balaban J connectivity index is 1.69. The SMILES string of the molecule is COCc1c(C(=O)NCC(=O)Nc2ccc(Br)cc2C)oc2ccccc12. The van der Waals surface area contributed by atoms with E-state index in [9.17, 15) is 9.59 Å². The van der Waals surface area contributed by atoms with Crippen LogP contribution in [0.4, 0.5) is 5.69 Å². The molecule has 0 bridgehead atoms. The minimum Gasteiger partial charge on any atom is -0.451 e. The van der Waals surface area contributed by atoms with Crippen molar-refractivity contribution in [2.75, 3.05) is 19.0 Å². The minimum absolute atomic E-state index is 0.158. The topological polar surface area (TPSA) is 80.6 Å². The van der Waals surface area contributed by atoms with Crippen molar-refractivity contribution in [1.82, 2.24) is 5.32 Å². The number of methoxy groups -OCH3 is 1. The lowest BCUT2D eigenvalue weighted by molar-refractivity contribution is -0.115. The van der Waals surface area contributed by atoms with E-state index in [-0.39, 0.29) is 24.8 Å². The first-order valence-electron chi connectivity index (χ1n) is 8.33. The molecule has 6 nitrogen and oxygen atoms in total. The Morgan fingerprint density at radius 1 is 1.19 bits per heavy atom. The van der Waals surface area contributed by atoms with Gasteiger partial charge in [-0.15, -0.1) is 0 Å². The Labute approximate surface area is 165 Å². The number of carbonyl (C=O) groups excluding carboxylic acids is 2. The number of fused-ring (bicyclic) bond motifs is 1. The van der Waals surface area contributed by atoms with Crippen LogP contribution in [0.3, 0.4) is 0 Å². The third-order valence-corrected chi connectivity index (χ3v) is 4.56. The number of halogens is 1. The van der Waals surface area contributed by atoms with E-state index >= 15 is 0 Å². The maximum Gasteiger partial charge on any atom is 0.287 e. The summed E-state index contributed by atoms with van der Waals surface area (Å²) in [4.78, 5) is 24.7. The molecule has 7 heteroatoms. The maximum absolute atomic E-state index is 12.5. The first-order valence-corrected chi connectivity index (χ1v) is 9.12. The molecule has 0 saturated carbocycles. The zero-order chi connectivity index (χ0) is 19.4. The molecule has 2 aromatic carbocycles. The van der Waals surface area contributed by atoms with Crippen LogP contribution < -0.4 is 10.6 Å². The van der Waals surface area contributed by atoms with E-state index < -0.39 is 5.91 Å². The van der Waals surface area contributed by atoms with Gasteiger partial charge in [-0.25, -0.2) is 0 Å². The summed E-state index contributed by atoms with van der Waals surface area (Å²) in [6, 6.07) is 12.9. The van der Waals surface area contributed by atoms with Gasteiger partial charge in [0.05, 0.1) is 13.2 Å². The van der Waals surface area contributed by atoms with Crippen molar-refractivity contribution in [1.29, 1.82) is 0 Å². The van der Waals surface area contributed by atoms with Gasteiger partial charge in [0.25, 0.3) is 5.91 Å². The maximum atomic E-state index is 12.5. The van der Waals surface area contributed by atoms with Crippen molar-refractivity contribution in [3.05, 3.63) is 63.8 Å². The van der Waals surface area contributed by atoms with Crippen LogP contribution in [0, 0.1) is 6.92 Å². The van der Waals surface area contributed by atoms with Crippen molar-refractivity contribution in [2.45, 2.75) is 13.5 Å². The molecule has 0 aliphatic heterocycles. The highest BCUT2D eigenvalue weighted by atomic mass is 79.9. The molecule has 0 fully saturated rings. The van der Waals surface area contributed by atoms with E-state index in [1.807, 2.05) is 37.3 Å². The number of hydrogen-bond donors (Lipinski definition) is 2. The molecule has 3 aromatic rings. The van der Waals surface area contributed by atoms with E-state index in [2.05, 4.69) is 26.6 Å². The number of anilines is 1. The molecule has 0 aliphatic carbocycles. The van der Waals surface area contributed by atoms with E-state index in [0.717, 1.165) is 15.4 Å². The quantitative estimate of drug-likeness (QED) is 0.618. The highest BCUT2D eigenvalue weighted by molar-refractivity contribution is 9.10. The second kappa shape index (κ2) is 8.37. The van der Waals surface area contributed by atoms with Crippen molar-refractivity contribution in [3.8, 4) is 0 Å². The Morgan fingerprint density at radius 2 is 1.96 bits per heavy atom. The number of para-hydroxylation sites is 1. The number of nitrogens with one attached hydrogen (secondary N) is 2. The average Bonchev–Trinajstić information content (AvgIpc) is 3.01. The number of hydrogen-bond acceptors (Lipinski definition) is 4. The van der Waals surface area contributed by atoms with Gasteiger partial charge >= 0.3 is 0 Å². The number of benzene rings is 2. The van der Waals surface area contributed by atoms with Crippen LogP contribution in [0.25, 0.3) is 11.0 Å². The molecule has 27 heavy (non-hydrogen) atoms. The van der Waals surface area contributed by atoms with Gasteiger partial charge in [0, 0.05) is 28.2 Å². The smallest absolute Gasteiger partial charge is 0.287 e. The molecule has 0 unspecified atom stereocenters. The Kier molecular flexibility index (Phi) is 5.93. The standard InChI is InChI=1S/C20H19BrN2O4/c1-12-9-13(21)7-8-16(12)23-18(24)10-22-20(25)19-15(11-26-2)14-5-3-4-6-17(14)27-19/h3-9H,10-11H2,1-2H3,(H,22,25)(H,23,24). The highest BCUT2D eigenvalue weighted by Gasteiger charge is 2.20. The van der Waals surface area contributed by atoms with Crippen LogP contribution in [-0.4, -0.2) is 25.5 Å². The molecular weight excluding hydrogens is 412 g/mol. The third-order valence-electron chi connectivity index (χ3n) is 4.07. The van der Waals surface area contributed by atoms with Crippen molar-refractivity contribution in [2.24, 2.45) is 0 Å². The Bertz CT molecular complexity index is 997. The molecule has 0 atom stereocenters. The summed E-state index contributed by atoms with van der Waals surface area (Å²) < 4.78 is 11.8. The Hall–Kier alpha value is -2.64. The fraction of sp³-hybridized carbons (Fsp3) is 0.200. The number of rotatable bonds is 6. The van der Waals surface area contributed by atoms with Crippen molar-refractivity contribution >= 4 is 44.4 Å². The van der Waals surface area contributed by atoms with Crippen LogP contribution in [0.5, 0.6) is 0 Å². The van der Waals surface area contributed by atoms with Crippen LogP contribution >= 0.6 is 15.9 Å². The highest BCUT2D eigenvalue weighted by Crippen LogP contribution is 2.26. The lowest BCUT2D eigenvalue weighted by Gasteiger charge is -2.09. The molecule has 0 saturated heterocycles. The third kappa shape index (κ3) is 4.37. The predicted octanol–water partition coefficient (Wildman–Crippen LogP) is 4.02. The molecule has 1 aromatic heterocycles. The molecule has 3 rings (SSSR count). The monoisotopic (exact) mass is 430 g/mol. The molecule has 2 amide bonds. The Morgan fingerprint density at radius 3 is 2.70 bits per heavy atom. The van der Waals surface area contributed by atoms with Gasteiger partial charge < -0.3 is 19.8 Å². The van der Waals surface area contributed by atoms with Gasteiger partial charge in [-0.05, 0) is 36.8 Å². The first kappa shape index (κ1) is 19.1. The molecule has 2 N–H and O–H groups in total. The van der Waals surface area contributed by atoms with Gasteiger partial charge in [0.2, 0.25) is 5.91 Å². The number of furan rings is 1. The minimum atomic E-state index is -0.457. The fourth-order valence-corrected chi connectivity index (χ4v) is 3.25. The molecule has 0 radical (unpaired) electrons. The lowest BCUT2D eigenvalue weighted by atomic mass is 10.1. The second-order valence-electron chi connectivity index (χ2n) is 6.03. The zero-order valence-electron chi connectivity index (χ0n) is 15.0. The van der Waals surface area contributed by atoms with E-state index in [1.165, 1.54) is 0 Å². The summed E-state index contributed by atoms with van der Waals surface area (Å²) in [6.45, 7) is 1.96. The first-order chi connectivity index (χ1) is 13.0. The van der Waals surface area contributed by atoms with Crippen LogP contribution in [0.1, 0.15) is 21.7 Å². The van der Waals surface area contributed by atoms with Gasteiger partial charge in [0.15, 0.2) is 5.76 Å². The zero-order valence-corrected chi connectivity index (χ0v) is 16.6. The summed E-state index contributed by atoms with van der Waals surface area (Å²) in [5.74, 6) is -0.621. The molecule has 1 heterocycles. The molecule has 0 aliphatic rings. The summed E-state index contributed by atoms with van der Waals surface area (Å²) in [6.07, 6.45) is 0. The second-order valence-corrected chi connectivity index (χ2v) is 6.94. The summed E-state index contributed by atoms with van der Waals surface area (Å²) in [5.41, 5.74) is 2.88. The fourth-order valence-electron chi connectivity index (χ4n) is 2.77. The van der Waals surface area contributed by atoms with Crippen LogP contribution in [0.15, 0.2) is 51.4 Å². The number of amides is 2. The molecule has 140 valence electrons. The number of carbonyl (C=O) groups is 2. The van der Waals surface area contributed by atoms with Crippen LogP contribution in [-0.2, 0) is 16.1 Å². The largest absolute Gasteiger partial charge is 0.451 e. The molecule has 0 spiro atoms. The summed E-state index contributed by atoms with van der Waals surface area (Å²) in [7, 11) is 1.55. The normalized spacial score (nSPS) is 10.8. The van der Waals surface area contributed by atoms with Crippen LogP contribution in [0.2, 0.25) is 0 Å². The number of aryl methyl sites for hydroxylation is 1. The van der Waals surface area contributed by atoms with Gasteiger partial charge in [-0.3, -0.25) is 9.59 Å². The van der Waals surface area contributed by atoms with Crippen molar-refractivity contribution in [3.63, 3.8) is 0 Å². The van der Waals surface area contributed by atoms with Gasteiger partial charge in [0.1, 0.15) is 5.58 Å². The number of ether oxygens (including phenoxy) is 1. The summed E-state index contributed by atoms with van der Waals surface area (Å²) >= 11 is 3.38. The van der Waals surface area contributed by atoms with Gasteiger partial charge in [-0.1, -0.05) is 34.1 Å². The van der Waals surface area contributed by atoms with Gasteiger partial charge in [-0.2, -0.15) is 0 Å². The van der Waals surface area contributed by atoms with E-state index in [0.29, 0.717) is 16.8 Å². The van der Waals surface area contributed by atoms with E-state index in [1.54, 1.807) is 19.2 Å². The predicted molar refractivity (Wildman–Crippen MR) is 107 cm³/mol. The van der Waals surface area contributed by atoms with E-state index in [4.69, 9.17) is 9.15 Å². The summed E-state index contributed by atoms with van der Waals surface area (Å²) in [5, 5.41) is 6.20. The average molecular weight is 431 g/mol. The van der Waals surface area contributed by atoms with Crippen molar-refractivity contribution < 1.29 is 18.7 Å².